The number of amidine groups is 1. The van der Waals surface area contributed by atoms with Crippen molar-refractivity contribution in [3.8, 4) is 5.75 Å². The van der Waals surface area contributed by atoms with Crippen LogP contribution in [0.25, 0.3) is 0 Å². The molecule has 1 fully saturated rings. The zero-order valence-electron chi connectivity index (χ0n) is 17.4. The van der Waals surface area contributed by atoms with Crippen LogP contribution < -0.4 is 10.1 Å². The molecular formula is C25H24N4O2. The van der Waals surface area contributed by atoms with Crippen LogP contribution in [0.4, 0.5) is 21.9 Å². The smallest absolute Gasteiger partial charge is 0.410 e. The molecule has 0 spiro atoms. The molecule has 6 heteroatoms. The van der Waals surface area contributed by atoms with E-state index < -0.39 is 0 Å². The minimum Gasteiger partial charge on any atom is -0.410 e. The van der Waals surface area contributed by atoms with Crippen LogP contribution in [0.1, 0.15) is 11.1 Å². The molecule has 0 unspecified atom stereocenters. The van der Waals surface area contributed by atoms with Crippen LogP contribution in [0.2, 0.25) is 0 Å². The lowest BCUT2D eigenvalue weighted by molar-refractivity contribution is 0.131. The Bertz CT molecular complexity index is 1140. The molecule has 2 aliphatic rings. The molecular weight excluding hydrogens is 388 g/mol. The number of hydrogen-bond donors (Lipinski definition) is 1. The van der Waals surface area contributed by atoms with Crippen LogP contribution in [0.15, 0.2) is 77.8 Å². The van der Waals surface area contributed by atoms with Crippen molar-refractivity contribution in [1.82, 2.24) is 9.80 Å². The summed E-state index contributed by atoms with van der Waals surface area (Å²) >= 11 is 0. The summed E-state index contributed by atoms with van der Waals surface area (Å²) in [6.07, 6.45) is -0.309. The van der Waals surface area contributed by atoms with Crippen LogP contribution >= 0.6 is 0 Å². The van der Waals surface area contributed by atoms with Gasteiger partial charge in [0.2, 0.25) is 0 Å². The molecule has 0 radical (unpaired) electrons. The van der Waals surface area contributed by atoms with E-state index in [2.05, 4.69) is 47.5 Å². The SMILES string of the molecule is Cc1ccc2c(c1)N=C(N1CCN(C(=O)Oc3ccccc3)CC1)c1ccccc1N2. The van der Waals surface area contributed by atoms with Crippen LogP contribution in [-0.2, 0) is 0 Å². The van der Waals surface area contributed by atoms with Crippen LogP contribution in [-0.4, -0.2) is 47.9 Å². The second kappa shape index (κ2) is 8.14. The third-order valence-corrected chi connectivity index (χ3v) is 5.60. The molecule has 1 N–H and O–H groups in total. The van der Waals surface area contributed by atoms with E-state index in [1.165, 1.54) is 5.56 Å². The Morgan fingerprint density at radius 2 is 1.65 bits per heavy atom. The van der Waals surface area contributed by atoms with Crippen molar-refractivity contribution < 1.29 is 9.53 Å². The zero-order valence-corrected chi connectivity index (χ0v) is 17.4. The van der Waals surface area contributed by atoms with E-state index in [-0.39, 0.29) is 6.09 Å². The molecule has 0 bridgehead atoms. The summed E-state index contributed by atoms with van der Waals surface area (Å²) in [5, 5.41) is 3.53. The molecule has 0 saturated carbocycles. The van der Waals surface area contributed by atoms with Crippen molar-refractivity contribution >= 4 is 29.0 Å². The lowest BCUT2D eigenvalue weighted by atomic mass is 10.1. The molecule has 3 aromatic rings. The Labute approximate surface area is 181 Å². The van der Waals surface area contributed by atoms with E-state index in [0.717, 1.165) is 28.5 Å². The number of benzene rings is 3. The molecule has 0 aliphatic carbocycles. The first-order valence-electron chi connectivity index (χ1n) is 10.5. The van der Waals surface area contributed by atoms with Crippen molar-refractivity contribution in [2.24, 2.45) is 4.99 Å². The number of amides is 1. The number of carbonyl (C=O) groups is 1. The Balaban J connectivity index is 1.37. The zero-order chi connectivity index (χ0) is 21.2. The third-order valence-electron chi connectivity index (χ3n) is 5.60. The second-order valence-electron chi connectivity index (χ2n) is 7.78. The van der Waals surface area contributed by atoms with E-state index in [9.17, 15) is 4.79 Å². The quantitative estimate of drug-likeness (QED) is 0.615. The predicted molar refractivity (Wildman–Crippen MR) is 123 cm³/mol. The van der Waals surface area contributed by atoms with Gasteiger partial charge in [-0.1, -0.05) is 36.4 Å². The van der Waals surface area contributed by atoms with Gasteiger partial charge in [0.15, 0.2) is 0 Å². The second-order valence-corrected chi connectivity index (χ2v) is 7.78. The monoisotopic (exact) mass is 412 g/mol. The highest BCUT2D eigenvalue weighted by molar-refractivity contribution is 6.07. The average Bonchev–Trinajstić information content (AvgIpc) is 2.96. The Kier molecular flexibility index (Phi) is 5.04. The Morgan fingerprint density at radius 1 is 0.903 bits per heavy atom. The number of nitrogens with one attached hydrogen (secondary N) is 1. The van der Waals surface area contributed by atoms with Gasteiger partial charge >= 0.3 is 6.09 Å². The number of fused-ring (bicyclic) bond motifs is 2. The van der Waals surface area contributed by atoms with E-state index in [1.54, 1.807) is 17.0 Å². The van der Waals surface area contributed by atoms with Gasteiger partial charge < -0.3 is 19.9 Å². The van der Waals surface area contributed by atoms with Gasteiger partial charge in [-0.25, -0.2) is 9.79 Å². The molecule has 1 amide bonds. The van der Waals surface area contributed by atoms with Crippen LogP contribution in [0.5, 0.6) is 5.75 Å². The van der Waals surface area contributed by atoms with Crippen molar-refractivity contribution in [2.75, 3.05) is 31.5 Å². The topological polar surface area (TPSA) is 57.2 Å². The highest BCUT2D eigenvalue weighted by Gasteiger charge is 2.27. The van der Waals surface area contributed by atoms with Crippen LogP contribution in [0, 0.1) is 6.92 Å². The molecule has 2 heterocycles. The lowest BCUT2D eigenvalue weighted by Crippen LogP contribution is -2.51. The number of ether oxygens (including phenoxy) is 1. The minimum atomic E-state index is -0.309. The molecule has 5 rings (SSSR count). The van der Waals surface area contributed by atoms with Gasteiger partial charge in [-0.15, -0.1) is 0 Å². The maximum absolute atomic E-state index is 12.5. The maximum atomic E-state index is 12.5. The Morgan fingerprint density at radius 3 is 2.45 bits per heavy atom. The van der Waals surface area contributed by atoms with Gasteiger partial charge in [0.1, 0.15) is 11.6 Å². The van der Waals surface area contributed by atoms with Gasteiger partial charge in [0.05, 0.1) is 11.4 Å². The number of hydrogen-bond acceptors (Lipinski definition) is 5. The van der Waals surface area contributed by atoms with Crippen molar-refractivity contribution in [1.29, 1.82) is 0 Å². The molecule has 0 atom stereocenters. The van der Waals surface area contributed by atoms with Crippen molar-refractivity contribution in [2.45, 2.75) is 6.92 Å². The fourth-order valence-corrected chi connectivity index (χ4v) is 3.94. The maximum Gasteiger partial charge on any atom is 0.415 e. The number of aliphatic imine (C=N–C) groups is 1. The first kappa shape index (κ1) is 19.2. The molecule has 1 saturated heterocycles. The molecule has 31 heavy (non-hydrogen) atoms. The highest BCUT2D eigenvalue weighted by atomic mass is 16.6. The van der Waals surface area contributed by atoms with E-state index >= 15 is 0 Å². The molecule has 156 valence electrons. The van der Waals surface area contributed by atoms with Gasteiger partial charge in [0, 0.05) is 37.4 Å². The third kappa shape index (κ3) is 3.97. The minimum absolute atomic E-state index is 0.309. The fourth-order valence-electron chi connectivity index (χ4n) is 3.94. The van der Waals surface area contributed by atoms with Gasteiger partial charge in [-0.05, 0) is 48.9 Å². The average molecular weight is 412 g/mol. The summed E-state index contributed by atoms with van der Waals surface area (Å²) in [6.45, 7) is 4.63. The van der Waals surface area contributed by atoms with E-state index in [0.29, 0.717) is 31.9 Å². The number of piperazine rings is 1. The number of nitrogens with zero attached hydrogens (tertiary/aromatic N) is 3. The number of aryl methyl sites for hydroxylation is 1. The summed E-state index contributed by atoms with van der Waals surface area (Å²) in [5.41, 5.74) is 5.20. The first-order chi connectivity index (χ1) is 15.2. The van der Waals surface area contributed by atoms with Gasteiger partial charge in [0.25, 0.3) is 0 Å². The van der Waals surface area contributed by atoms with Gasteiger partial charge in [-0.3, -0.25) is 0 Å². The van der Waals surface area contributed by atoms with Gasteiger partial charge in [-0.2, -0.15) is 0 Å². The first-order valence-corrected chi connectivity index (χ1v) is 10.5. The number of anilines is 2. The standard InChI is InChI=1S/C25H24N4O2/c1-18-11-12-22-23(17-18)27-24(20-9-5-6-10-21(20)26-22)28-13-15-29(16-14-28)25(30)31-19-7-3-2-4-8-19/h2-12,17,26H,13-16H2,1H3. The number of rotatable bonds is 1. The highest BCUT2D eigenvalue weighted by Crippen LogP contribution is 2.35. The fraction of sp³-hybridized carbons (Fsp3) is 0.200. The summed E-state index contributed by atoms with van der Waals surface area (Å²) in [4.78, 5) is 21.6. The predicted octanol–water partition coefficient (Wildman–Crippen LogP) is 4.95. The van der Waals surface area contributed by atoms with E-state index in [4.69, 9.17) is 9.73 Å². The molecule has 0 aromatic heterocycles. The summed E-state index contributed by atoms with van der Waals surface area (Å²) < 4.78 is 5.50. The Hall–Kier alpha value is -3.80. The van der Waals surface area contributed by atoms with Crippen molar-refractivity contribution in [3.63, 3.8) is 0 Å². The molecule has 6 nitrogen and oxygen atoms in total. The lowest BCUT2D eigenvalue weighted by Gasteiger charge is -2.36. The van der Waals surface area contributed by atoms with Crippen molar-refractivity contribution in [3.05, 3.63) is 83.9 Å². The largest absolute Gasteiger partial charge is 0.415 e. The molecule has 2 aliphatic heterocycles. The number of para-hydroxylation sites is 2. The summed E-state index contributed by atoms with van der Waals surface area (Å²) in [5.74, 6) is 1.50. The van der Waals surface area contributed by atoms with E-state index in [1.807, 2.05) is 30.3 Å². The van der Waals surface area contributed by atoms with Crippen LogP contribution in [0.3, 0.4) is 0 Å². The normalized spacial score (nSPS) is 15.2. The summed E-state index contributed by atoms with van der Waals surface area (Å²) in [6, 6.07) is 23.7. The summed E-state index contributed by atoms with van der Waals surface area (Å²) in [7, 11) is 0. The molecule has 3 aromatic carbocycles. The number of carbonyl (C=O) groups excluding carboxylic acids is 1.